The average Bonchev–Trinajstić information content (AvgIpc) is 2.85. The number of likely N-dealkylation sites (tertiary alicyclic amines) is 1. The molecule has 116 valence electrons. The number of rotatable bonds is 5. The molecule has 1 aromatic carbocycles. The first-order valence-corrected chi connectivity index (χ1v) is 8.37. The van der Waals surface area contributed by atoms with Gasteiger partial charge in [-0.2, -0.15) is 0 Å². The summed E-state index contributed by atoms with van der Waals surface area (Å²) in [5.74, 6) is 1.91. The molecule has 2 atom stereocenters. The highest BCUT2D eigenvalue weighted by atomic mass is 16.5. The minimum Gasteiger partial charge on any atom is -0.494 e. The predicted molar refractivity (Wildman–Crippen MR) is 87.0 cm³/mol. The van der Waals surface area contributed by atoms with Crippen LogP contribution in [0.3, 0.4) is 0 Å². The molecule has 2 aliphatic rings. The first-order valence-electron chi connectivity index (χ1n) is 8.37. The highest BCUT2D eigenvalue weighted by Crippen LogP contribution is 2.24. The molecule has 0 radical (unpaired) electrons. The minimum absolute atomic E-state index is 0.749. The van der Waals surface area contributed by atoms with E-state index in [-0.39, 0.29) is 0 Å². The molecule has 2 aliphatic heterocycles. The average molecular weight is 288 g/mol. The molecule has 2 saturated heterocycles. The highest BCUT2D eigenvalue weighted by molar-refractivity contribution is 5.32. The summed E-state index contributed by atoms with van der Waals surface area (Å²) >= 11 is 0. The lowest BCUT2D eigenvalue weighted by molar-refractivity contribution is 0.257. The van der Waals surface area contributed by atoms with Crippen molar-refractivity contribution >= 4 is 0 Å². The van der Waals surface area contributed by atoms with Crippen LogP contribution in [0.25, 0.3) is 0 Å². The number of nitrogens with one attached hydrogen (secondary N) is 1. The lowest BCUT2D eigenvalue weighted by atomic mass is 9.94. The van der Waals surface area contributed by atoms with E-state index in [4.69, 9.17) is 4.74 Å². The Labute approximate surface area is 128 Å². The predicted octanol–water partition coefficient (Wildman–Crippen LogP) is 2.76. The fourth-order valence-electron chi connectivity index (χ4n) is 3.81. The van der Waals surface area contributed by atoms with Gasteiger partial charge in [-0.15, -0.1) is 0 Å². The number of ether oxygens (including phenoxy) is 1. The van der Waals surface area contributed by atoms with Crippen molar-refractivity contribution in [1.82, 2.24) is 10.2 Å². The Morgan fingerprint density at radius 3 is 2.76 bits per heavy atom. The van der Waals surface area contributed by atoms with Gasteiger partial charge in [0.1, 0.15) is 5.75 Å². The van der Waals surface area contributed by atoms with E-state index in [9.17, 15) is 0 Å². The molecule has 0 saturated carbocycles. The molecule has 2 heterocycles. The quantitative estimate of drug-likeness (QED) is 0.843. The largest absolute Gasteiger partial charge is 0.494 e. The maximum atomic E-state index is 5.90. The first kappa shape index (κ1) is 14.9. The normalized spacial score (nSPS) is 25.8. The van der Waals surface area contributed by atoms with Crippen LogP contribution in [0.15, 0.2) is 18.2 Å². The third-order valence-corrected chi connectivity index (χ3v) is 4.76. The lowest BCUT2D eigenvalue weighted by Crippen LogP contribution is -2.40. The fourth-order valence-corrected chi connectivity index (χ4v) is 3.81. The van der Waals surface area contributed by atoms with E-state index in [0.717, 1.165) is 30.7 Å². The molecule has 1 aromatic rings. The Kier molecular flexibility index (Phi) is 4.81. The molecular weight excluding hydrogens is 260 g/mol. The molecule has 21 heavy (non-hydrogen) atoms. The topological polar surface area (TPSA) is 24.5 Å². The third kappa shape index (κ3) is 3.98. The van der Waals surface area contributed by atoms with Gasteiger partial charge in [-0.05, 0) is 68.8 Å². The number of fused-ring (bicyclic) bond motifs is 1. The Bertz CT molecular complexity index is 440. The molecule has 0 aliphatic carbocycles. The third-order valence-electron chi connectivity index (χ3n) is 4.76. The summed E-state index contributed by atoms with van der Waals surface area (Å²) < 4.78 is 5.90. The lowest BCUT2D eigenvalue weighted by Gasteiger charge is -2.24. The molecule has 3 heteroatoms. The minimum atomic E-state index is 0.749. The Balaban J connectivity index is 1.38. The van der Waals surface area contributed by atoms with Crippen molar-refractivity contribution in [2.45, 2.75) is 39.2 Å². The van der Waals surface area contributed by atoms with Gasteiger partial charge in [0.05, 0.1) is 6.61 Å². The second-order valence-corrected chi connectivity index (χ2v) is 6.75. The van der Waals surface area contributed by atoms with Crippen molar-refractivity contribution < 1.29 is 4.74 Å². The number of nitrogens with zero attached hydrogens (tertiary/aromatic N) is 1. The molecule has 0 amide bonds. The summed E-state index contributed by atoms with van der Waals surface area (Å²) in [6.45, 7) is 9.96. The van der Waals surface area contributed by atoms with Crippen molar-refractivity contribution in [2.75, 3.05) is 32.8 Å². The van der Waals surface area contributed by atoms with Gasteiger partial charge >= 0.3 is 0 Å². The van der Waals surface area contributed by atoms with E-state index in [1.54, 1.807) is 0 Å². The first-order chi connectivity index (χ1) is 10.2. The van der Waals surface area contributed by atoms with Gasteiger partial charge in [-0.1, -0.05) is 6.07 Å². The van der Waals surface area contributed by atoms with E-state index in [1.807, 2.05) is 0 Å². The summed E-state index contributed by atoms with van der Waals surface area (Å²) in [4.78, 5) is 2.61. The Morgan fingerprint density at radius 2 is 2.00 bits per heavy atom. The summed E-state index contributed by atoms with van der Waals surface area (Å²) in [6, 6.07) is 7.19. The van der Waals surface area contributed by atoms with Crippen LogP contribution in [0.5, 0.6) is 5.75 Å². The van der Waals surface area contributed by atoms with E-state index >= 15 is 0 Å². The van der Waals surface area contributed by atoms with Gasteiger partial charge < -0.3 is 15.0 Å². The van der Waals surface area contributed by atoms with Crippen LogP contribution in [-0.4, -0.2) is 43.7 Å². The summed E-state index contributed by atoms with van der Waals surface area (Å²) in [7, 11) is 0. The van der Waals surface area contributed by atoms with Crippen molar-refractivity contribution in [3.05, 3.63) is 29.3 Å². The SMILES string of the molecule is Cc1cc(C)cc(OCCCN2C[C@@H]3CCCN[C@@H]3C2)c1. The van der Waals surface area contributed by atoms with Crippen molar-refractivity contribution in [2.24, 2.45) is 5.92 Å². The fraction of sp³-hybridized carbons (Fsp3) is 0.667. The second-order valence-electron chi connectivity index (χ2n) is 6.75. The molecule has 0 bridgehead atoms. The number of piperidine rings is 1. The van der Waals surface area contributed by atoms with E-state index in [1.165, 1.54) is 50.1 Å². The number of benzene rings is 1. The summed E-state index contributed by atoms with van der Waals surface area (Å²) in [5, 5.41) is 3.67. The van der Waals surface area contributed by atoms with Crippen LogP contribution in [0.4, 0.5) is 0 Å². The van der Waals surface area contributed by atoms with Gasteiger partial charge in [-0.25, -0.2) is 0 Å². The molecule has 3 rings (SSSR count). The molecular formula is C18H28N2O. The van der Waals surface area contributed by atoms with E-state index in [2.05, 4.69) is 42.3 Å². The van der Waals surface area contributed by atoms with Crippen molar-refractivity contribution in [1.29, 1.82) is 0 Å². The highest BCUT2D eigenvalue weighted by Gasteiger charge is 2.33. The van der Waals surface area contributed by atoms with Crippen LogP contribution < -0.4 is 10.1 Å². The zero-order valence-electron chi connectivity index (χ0n) is 13.4. The van der Waals surface area contributed by atoms with Crippen LogP contribution in [0, 0.1) is 19.8 Å². The molecule has 3 nitrogen and oxygen atoms in total. The molecule has 0 unspecified atom stereocenters. The maximum Gasteiger partial charge on any atom is 0.119 e. The maximum absolute atomic E-state index is 5.90. The molecule has 0 aromatic heterocycles. The van der Waals surface area contributed by atoms with Crippen LogP contribution >= 0.6 is 0 Å². The number of hydrogen-bond donors (Lipinski definition) is 1. The van der Waals surface area contributed by atoms with Crippen molar-refractivity contribution in [3.8, 4) is 5.75 Å². The van der Waals surface area contributed by atoms with Gasteiger partial charge in [0.15, 0.2) is 0 Å². The Hall–Kier alpha value is -1.06. The monoisotopic (exact) mass is 288 g/mol. The van der Waals surface area contributed by atoms with Crippen LogP contribution in [-0.2, 0) is 0 Å². The van der Waals surface area contributed by atoms with Gasteiger partial charge in [0, 0.05) is 25.7 Å². The smallest absolute Gasteiger partial charge is 0.119 e. The van der Waals surface area contributed by atoms with Gasteiger partial charge in [0.25, 0.3) is 0 Å². The molecule has 2 fully saturated rings. The van der Waals surface area contributed by atoms with Gasteiger partial charge in [0.2, 0.25) is 0 Å². The van der Waals surface area contributed by atoms with Crippen LogP contribution in [0.1, 0.15) is 30.4 Å². The zero-order valence-corrected chi connectivity index (χ0v) is 13.4. The van der Waals surface area contributed by atoms with E-state index < -0.39 is 0 Å². The molecule has 0 spiro atoms. The van der Waals surface area contributed by atoms with Crippen LogP contribution in [0.2, 0.25) is 0 Å². The second kappa shape index (κ2) is 6.80. The van der Waals surface area contributed by atoms with Gasteiger partial charge in [-0.3, -0.25) is 0 Å². The van der Waals surface area contributed by atoms with E-state index in [0.29, 0.717) is 0 Å². The Morgan fingerprint density at radius 1 is 1.19 bits per heavy atom. The standard InChI is InChI=1S/C18H28N2O/c1-14-9-15(2)11-17(10-14)21-8-4-7-20-12-16-5-3-6-19-18(16)13-20/h9-11,16,18-19H,3-8,12-13H2,1-2H3/t16-,18+/m0/s1. The zero-order chi connectivity index (χ0) is 14.7. The van der Waals surface area contributed by atoms with Crippen molar-refractivity contribution in [3.63, 3.8) is 0 Å². The molecule has 1 N–H and O–H groups in total. The number of hydrogen-bond acceptors (Lipinski definition) is 3. The summed E-state index contributed by atoms with van der Waals surface area (Å²) in [5.41, 5.74) is 2.55. The number of aryl methyl sites for hydroxylation is 2. The summed E-state index contributed by atoms with van der Waals surface area (Å²) in [6.07, 6.45) is 3.88.